The Kier molecular flexibility index (Phi) is 5.58. The van der Waals surface area contributed by atoms with Crippen LogP contribution in [0.15, 0.2) is 24.3 Å². The minimum absolute atomic E-state index is 0.529. The Hall–Kier alpha value is -1.26. The van der Waals surface area contributed by atoms with Crippen LogP contribution >= 0.6 is 0 Å². The Labute approximate surface area is 90.1 Å². The largest absolute Gasteiger partial charge is 0.489 e. The minimum atomic E-state index is 0.529. The summed E-state index contributed by atoms with van der Waals surface area (Å²) in [5, 5.41) is 0. The van der Waals surface area contributed by atoms with Gasteiger partial charge in [-0.05, 0) is 19.1 Å². The third-order valence-electron chi connectivity index (χ3n) is 1.76. The van der Waals surface area contributed by atoms with E-state index in [1.807, 2.05) is 31.2 Å². The maximum atomic E-state index is 5.51. The Morgan fingerprint density at radius 1 is 1.20 bits per heavy atom. The lowest BCUT2D eigenvalue weighted by molar-refractivity contribution is 0.145. The topological polar surface area (TPSA) is 39.7 Å². The fraction of sp³-hybridized carbons (Fsp3) is 0.455. The molecule has 0 amide bonds. The predicted octanol–water partition coefficient (Wildman–Crippen LogP) is 2.08. The SMILES string of the molecule is CCONc1ccccc1OCCOC. The first-order valence-corrected chi connectivity index (χ1v) is 4.97. The van der Waals surface area contributed by atoms with Crippen LogP contribution in [0.2, 0.25) is 0 Å². The molecule has 0 spiro atoms. The molecule has 0 radical (unpaired) electrons. The molecule has 0 unspecified atom stereocenters. The van der Waals surface area contributed by atoms with E-state index < -0.39 is 0 Å². The van der Waals surface area contributed by atoms with Crippen LogP contribution < -0.4 is 10.2 Å². The molecule has 1 rings (SSSR count). The summed E-state index contributed by atoms with van der Waals surface area (Å²) in [5.41, 5.74) is 3.65. The van der Waals surface area contributed by atoms with Crippen LogP contribution in [0.1, 0.15) is 6.92 Å². The molecule has 1 aromatic rings. The second-order valence-electron chi connectivity index (χ2n) is 2.87. The molecule has 0 saturated carbocycles. The van der Waals surface area contributed by atoms with E-state index in [0.29, 0.717) is 19.8 Å². The molecule has 4 heteroatoms. The molecule has 0 atom stereocenters. The van der Waals surface area contributed by atoms with Crippen LogP contribution in [-0.4, -0.2) is 26.9 Å². The molecule has 1 aromatic carbocycles. The summed E-state index contributed by atoms with van der Waals surface area (Å²) in [6, 6.07) is 7.62. The van der Waals surface area contributed by atoms with Gasteiger partial charge in [-0.15, -0.1) is 0 Å². The lowest BCUT2D eigenvalue weighted by atomic mass is 10.3. The number of ether oxygens (including phenoxy) is 2. The van der Waals surface area contributed by atoms with Gasteiger partial charge in [0, 0.05) is 7.11 Å². The van der Waals surface area contributed by atoms with Crippen LogP contribution in [0.4, 0.5) is 5.69 Å². The van der Waals surface area contributed by atoms with E-state index in [9.17, 15) is 0 Å². The number of benzene rings is 1. The van der Waals surface area contributed by atoms with Crippen LogP contribution in [-0.2, 0) is 9.57 Å². The summed E-state index contributed by atoms with van der Waals surface area (Å²) in [7, 11) is 1.65. The second-order valence-corrected chi connectivity index (χ2v) is 2.87. The smallest absolute Gasteiger partial charge is 0.144 e. The molecular formula is C11H17NO3. The number of hydrogen-bond donors (Lipinski definition) is 1. The van der Waals surface area contributed by atoms with Crippen molar-refractivity contribution in [1.29, 1.82) is 0 Å². The van der Waals surface area contributed by atoms with Crippen molar-refractivity contribution in [3.63, 3.8) is 0 Å². The highest BCUT2D eigenvalue weighted by Gasteiger charge is 2.01. The molecule has 0 aliphatic heterocycles. The predicted molar refractivity (Wildman–Crippen MR) is 59.1 cm³/mol. The molecular weight excluding hydrogens is 194 g/mol. The zero-order chi connectivity index (χ0) is 10.9. The third kappa shape index (κ3) is 4.18. The average Bonchev–Trinajstić information content (AvgIpc) is 2.28. The van der Waals surface area contributed by atoms with E-state index in [1.54, 1.807) is 7.11 Å². The van der Waals surface area contributed by atoms with Gasteiger partial charge in [-0.1, -0.05) is 12.1 Å². The molecule has 84 valence electrons. The van der Waals surface area contributed by atoms with Crippen LogP contribution in [0.25, 0.3) is 0 Å². The first-order valence-electron chi connectivity index (χ1n) is 4.97. The summed E-state index contributed by atoms with van der Waals surface area (Å²) in [6.45, 7) is 3.62. The molecule has 0 aromatic heterocycles. The summed E-state index contributed by atoms with van der Waals surface area (Å²) in [4.78, 5) is 5.11. The lowest BCUT2D eigenvalue weighted by Gasteiger charge is -2.11. The van der Waals surface area contributed by atoms with Crippen molar-refractivity contribution >= 4 is 5.69 Å². The van der Waals surface area contributed by atoms with Gasteiger partial charge in [0.25, 0.3) is 0 Å². The molecule has 0 heterocycles. The maximum Gasteiger partial charge on any atom is 0.144 e. The third-order valence-corrected chi connectivity index (χ3v) is 1.76. The number of rotatable bonds is 7. The monoisotopic (exact) mass is 211 g/mol. The Morgan fingerprint density at radius 3 is 2.73 bits per heavy atom. The Morgan fingerprint density at radius 2 is 2.00 bits per heavy atom. The molecule has 4 nitrogen and oxygen atoms in total. The highest BCUT2D eigenvalue weighted by atomic mass is 16.6. The zero-order valence-corrected chi connectivity index (χ0v) is 9.16. The molecule has 0 aliphatic rings. The summed E-state index contributed by atoms with van der Waals surface area (Å²) in [6.07, 6.45) is 0. The normalized spacial score (nSPS) is 10.0. The number of nitrogens with one attached hydrogen (secondary N) is 1. The lowest BCUT2D eigenvalue weighted by Crippen LogP contribution is -2.07. The second kappa shape index (κ2) is 7.09. The van der Waals surface area contributed by atoms with E-state index in [0.717, 1.165) is 11.4 Å². The van der Waals surface area contributed by atoms with E-state index in [4.69, 9.17) is 14.3 Å². The van der Waals surface area contributed by atoms with Gasteiger partial charge in [0.2, 0.25) is 0 Å². The number of para-hydroxylation sites is 2. The van der Waals surface area contributed by atoms with Crippen molar-refractivity contribution in [2.75, 3.05) is 32.4 Å². The first-order chi connectivity index (χ1) is 7.38. The van der Waals surface area contributed by atoms with Gasteiger partial charge in [-0.25, -0.2) is 0 Å². The van der Waals surface area contributed by atoms with Crippen LogP contribution in [0, 0.1) is 0 Å². The van der Waals surface area contributed by atoms with Gasteiger partial charge in [-0.3, -0.25) is 10.3 Å². The fourth-order valence-corrected chi connectivity index (χ4v) is 1.06. The quantitative estimate of drug-likeness (QED) is 0.553. The van der Waals surface area contributed by atoms with Crippen LogP contribution in [0.3, 0.4) is 0 Å². The molecule has 15 heavy (non-hydrogen) atoms. The number of hydrogen-bond acceptors (Lipinski definition) is 4. The van der Waals surface area contributed by atoms with Crippen molar-refractivity contribution < 1.29 is 14.3 Å². The maximum absolute atomic E-state index is 5.51. The van der Waals surface area contributed by atoms with Gasteiger partial charge in [0.05, 0.1) is 13.2 Å². The summed E-state index contributed by atoms with van der Waals surface area (Å²) < 4.78 is 10.4. The van der Waals surface area contributed by atoms with E-state index in [-0.39, 0.29) is 0 Å². The highest BCUT2D eigenvalue weighted by molar-refractivity contribution is 5.54. The van der Waals surface area contributed by atoms with Crippen molar-refractivity contribution in [3.8, 4) is 5.75 Å². The molecule has 0 saturated heterocycles. The van der Waals surface area contributed by atoms with E-state index in [1.165, 1.54) is 0 Å². The van der Waals surface area contributed by atoms with Crippen molar-refractivity contribution in [2.24, 2.45) is 0 Å². The van der Waals surface area contributed by atoms with E-state index >= 15 is 0 Å². The highest BCUT2D eigenvalue weighted by Crippen LogP contribution is 2.23. The molecule has 0 bridgehead atoms. The van der Waals surface area contributed by atoms with Crippen molar-refractivity contribution in [1.82, 2.24) is 0 Å². The van der Waals surface area contributed by atoms with Crippen LogP contribution in [0.5, 0.6) is 5.75 Å². The summed E-state index contributed by atoms with van der Waals surface area (Å²) in [5.74, 6) is 0.767. The molecule has 1 N–H and O–H groups in total. The summed E-state index contributed by atoms with van der Waals surface area (Å²) >= 11 is 0. The molecule has 0 fully saturated rings. The molecule has 0 aliphatic carbocycles. The number of methoxy groups -OCH3 is 1. The van der Waals surface area contributed by atoms with Gasteiger partial charge in [0.1, 0.15) is 18.0 Å². The zero-order valence-electron chi connectivity index (χ0n) is 9.16. The van der Waals surface area contributed by atoms with Crippen molar-refractivity contribution in [2.45, 2.75) is 6.92 Å². The fourth-order valence-electron chi connectivity index (χ4n) is 1.06. The van der Waals surface area contributed by atoms with Gasteiger partial charge >= 0.3 is 0 Å². The standard InChI is InChI=1S/C11H17NO3/c1-3-15-12-10-6-4-5-7-11(10)14-9-8-13-2/h4-7,12H,3,8-9H2,1-2H3. The number of anilines is 1. The van der Waals surface area contributed by atoms with E-state index in [2.05, 4.69) is 5.48 Å². The average molecular weight is 211 g/mol. The van der Waals surface area contributed by atoms with Crippen molar-refractivity contribution in [3.05, 3.63) is 24.3 Å². The first kappa shape index (κ1) is 11.8. The van der Waals surface area contributed by atoms with Gasteiger partial charge in [0.15, 0.2) is 0 Å². The Bertz CT molecular complexity index is 278. The van der Waals surface area contributed by atoms with Gasteiger partial charge in [-0.2, -0.15) is 0 Å². The Balaban J connectivity index is 2.52. The van der Waals surface area contributed by atoms with Gasteiger partial charge < -0.3 is 9.47 Å². The minimum Gasteiger partial charge on any atom is -0.489 e.